The molecule has 2 heterocycles. The highest BCUT2D eigenvalue weighted by atomic mass is 32.2. The van der Waals surface area contributed by atoms with E-state index in [1.807, 2.05) is 26.0 Å². The van der Waals surface area contributed by atoms with Crippen LogP contribution in [0.25, 0.3) is 0 Å². The van der Waals surface area contributed by atoms with Crippen molar-refractivity contribution >= 4 is 27.4 Å². The maximum atomic E-state index is 12.7. The molecule has 4 rings (SSSR count). The second-order valence-corrected chi connectivity index (χ2v) is 10.4. The maximum absolute atomic E-state index is 12.7. The molecule has 1 amide bonds. The van der Waals surface area contributed by atoms with Gasteiger partial charge in [0.1, 0.15) is 17.2 Å². The van der Waals surface area contributed by atoms with E-state index in [4.69, 9.17) is 9.47 Å². The summed E-state index contributed by atoms with van der Waals surface area (Å²) < 4.78 is 39.4. The van der Waals surface area contributed by atoms with Crippen LogP contribution in [0.2, 0.25) is 0 Å². The molecule has 178 valence electrons. The predicted octanol–water partition coefficient (Wildman–Crippen LogP) is 3.63. The molecule has 0 fully saturated rings. The number of hydrogen-bond acceptors (Lipinski definition) is 7. The summed E-state index contributed by atoms with van der Waals surface area (Å²) in [5.74, 6) is 1.46. The first-order valence-electron chi connectivity index (χ1n) is 10.7. The van der Waals surface area contributed by atoms with E-state index in [2.05, 4.69) is 20.0 Å². The number of carbonyl (C=O) groups is 1. The Labute approximate surface area is 198 Å². The number of fused-ring (bicyclic) bond motifs is 1. The molecule has 34 heavy (non-hydrogen) atoms. The molecule has 0 spiro atoms. The second kappa shape index (κ2) is 8.94. The van der Waals surface area contributed by atoms with E-state index in [9.17, 15) is 13.2 Å². The Morgan fingerprint density at radius 1 is 1.12 bits per heavy atom. The van der Waals surface area contributed by atoms with Crippen molar-refractivity contribution in [2.45, 2.75) is 44.6 Å². The van der Waals surface area contributed by atoms with Gasteiger partial charge in [-0.05, 0) is 58.0 Å². The van der Waals surface area contributed by atoms with Crippen molar-refractivity contribution in [2.75, 3.05) is 16.6 Å². The molecule has 0 bridgehead atoms. The van der Waals surface area contributed by atoms with E-state index >= 15 is 0 Å². The number of ether oxygens (including phenoxy) is 2. The number of benzene rings is 2. The number of aryl methyl sites for hydroxylation is 2. The van der Waals surface area contributed by atoms with E-state index in [0.717, 1.165) is 12.0 Å². The Morgan fingerprint density at radius 2 is 1.85 bits per heavy atom. The summed E-state index contributed by atoms with van der Waals surface area (Å²) in [6.07, 6.45) is 0.770. The number of anilines is 2. The normalized spacial score (nSPS) is 14.1. The van der Waals surface area contributed by atoms with Crippen molar-refractivity contribution < 1.29 is 22.7 Å². The molecule has 2 aromatic carbocycles. The zero-order valence-corrected chi connectivity index (χ0v) is 20.2. The molecule has 0 radical (unpaired) electrons. The number of hydrogen-bond donors (Lipinski definition) is 2. The zero-order chi connectivity index (χ0) is 24.5. The molecule has 0 saturated carbocycles. The average molecular weight is 483 g/mol. The third-order valence-corrected chi connectivity index (χ3v) is 6.44. The lowest BCUT2D eigenvalue weighted by Crippen LogP contribution is -2.25. The molecular weight excluding hydrogens is 456 g/mol. The number of nitrogens with zero attached hydrogens (tertiary/aromatic N) is 2. The minimum absolute atomic E-state index is 0.0373. The number of nitrogens with one attached hydrogen (secondary N) is 2. The molecule has 3 aromatic rings. The van der Waals surface area contributed by atoms with Crippen molar-refractivity contribution in [3.63, 3.8) is 0 Å². The van der Waals surface area contributed by atoms with Gasteiger partial charge in [0, 0.05) is 29.4 Å². The fourth-order valence-corrected chi connectivity index (χ4v) is 4.72. The lowest BCUT2D eigenvalue weighted by molar-refractivity contribution is -0.118. The largest absolute Gasteiger partial charge is 0.483 e. The summed E-state index contributed by atoms with van der Waals surface area (Å²) in [5, 5.41) is 2.70. The number of aromatic nitrogens is 2. The first-order valence-corrected chi connectivity index (χ1v) is 12.2. The van der Waals surface area contributed by atoms with Gasteiger partial charge in [0.25, 0.3) is 15.9 Å². The number of para-hydroxylation sites is 1. The maximum Gasteiger partial charge on any atom is 0.263 e. The van der Waals surface area contributed by atoms with Gasteiger partial charge in [0.2, 0.25) is 0 Å². The van der Waals surface area contributed by atoms with Crippen LogP contribution in [-0.4, -0.2) is 36.5 Å². The smallest absolute Gasteiger partial charge is 0.263 e. The average Bonchev–Trinajstić information content (AvgIpc) is 3.06. The van der Waals surface area contributed by atoms with Gasteiger partial charge < -0.3 is 14.8 Å². The first kappa shape index (κ1) is 23.5. The van der Waals surface area contributed by atoms with Crippen molar-refractivity contribution in [3.8, 4) is 11.5 Å². The third kappa shape index (κ3) is 5.45. The van der Waals surface area contributed by atoms with Crippen LogP contribution < -0.4 is 19.5 Å². The van der Waals surface area contributed by atoms with Crippen LogP contribution >= 0.6 is 0 Å². The molecule has 1 aromatic heterocycles. The molecule has 10 heteroatoms. The number of amides is 1. The van der Waals surface area contributed by atoms with Crippen LogP contribution in [0.15, 0.2) is 53.4 Å². The summed E-state index contributed by atoms with van der Waals surface area (Å²) in [4.78, 5) is 20.6. The molecule has 9 nitrogen and oxygen atoms in total. The van der Waals surface area contributed by atoms with Crippen LogP contribution in [0.5, 0.6) is 11.5 Å². The van der Waals surface area contributed by atoms with Crippen LogP contribution in [0, 0.1) is 13.8 Å². The molecular formula is C24H26N4O5S. The fraction of sp³-hybridized carbons (Fsp3) is 0.292. The summed E-state index contributed by atoms with van der Waals surface area (Å²) >= 11 is 0. The standard InChI is InChI=1S/C24H26N4O5S/c1-15-12-21(26-16(2)25-15)28-34(30,31)19-10-8-18(9-11-19)27-22(29)14-32-20-7-5-6-17-13-24(3,4)33-23(17)20/h5-12H,13-14H2,1-4H3,(H,27,29)(H,25,26,28). The van der Waals surface area contributed by atoms with Crippen molar-refractivity contribution in [1.82, 2.24) is 9.97 Å². The van der Waals surface area contributed by atoms with Crippen molar-refractivity contribution in [2.24, 2.45) is 0 Å². The number of sulfonamides is 1. The lowest BCUT2D eigenvalue weighted by atomic mass is 10.0. The van der Waals surface area contributed by atoms with Gasteiger partial charge in [0.05, 0.1) is 4.90 Å². The summed E-state index contributed by atoms with van der Waals surface area (Å²) in [5.41, 5.74) is 1.82. The van der Waals surface area contributed by atoms with Gasteiger partial charge in [-0.3, -0.25) is 9.52 Å². The highest BCUT2D eigenvalue weighted by Crippen LogP contribution is 2.41. The molecule has 0 unspecified atom stereocenters. The van der Waals surface area contributed by atoms with Crippen LogP contribution in [-0.2, 0) is 21.2 Å². The third-order valence-electron chi connectivity index (χ3n) is 5.07. The molecule has 1 aliphatic heterocycles. The minimum atomic E-state index is -3.85. The fourth-order valence-electron chi connectivity index (χ4n) is 3.72. The van der Waals surface area contributed by atoms with Crippen LogP contribution in [0.3, 0.4) is 0 Å². The van der Waals surface area contributed by atoms with Gasteiger partial charge in [-0.15, -0.1) is 0 Å². The van der Waals surface area contributed by atoms with Gasteiger partial charge in [-0.2, -0.15) is 0 Å². The highest BCUT2D eigenvalue weighted by molar-refractivity contribution is 7.92. The zero-order valence-electron chi connectivity index (χ0n) is 19.4. The Bertz CT molecular complexity index is 1320. The van der Waals surface area contributed by atoms with E-state index in [-0.39, 0.29) is 28.8 Å². The van der Waals surface area contributed by atoms with Crippen molar-refractivity contribution in [1.29, 1.82) is 0 Å². The molecule has 0 atom stereocenters. The second-order valence-electron chi connectivity index (χ2n) is 8.69. The van der Waals surface area contributed by atoms with Crippen LogP contribution in [0.1, 0.15) is 30.9 Å². The van der Waals surface area contributed by atoms with E-state index in [1.54, 1.807) is 26.0 Å². The summed E-state index contributed by atoms with van der Waals surface area (Å²) in [7, 11) is -3.85. The Balaban J connectivity index is 1.37. The summed E-state index contributed by atoms with van der Waals surface area (Å²) in [6.45, 7) is 7.23. The number of carbonyl (C=O) groups excluding carboxylic acids is 1. The van der Waals surface area contributed by atoms with Gasteiger partial charge in [-0.25, -0.2) is 18.4 Å². The number of rotatable bonds is 7. The molecule has 0 aliphatic carbocycles. The monoisotopic (exact) mass is 482 g/mol. The quantitative estimate of drug-likeness (QED) is 0.528. The van der Waals surface area contributed by atoms with E-state index < -0.39 is 10.0 Å². The first-order chi connectivity index (χ1) is 16.0. The highest BCUT2D eigenvalue weighted by Gasteiger charge is 2.32. The lowest BCUT2D eigenvalue weighted by Gasteiger charge is -2.18. The molecule has 2 N–H and O–H groups in total. The van der Waals surface area contributed by atoms with Crippen molar-refractivity contribution in [3.05, 3.63) is 65.6 Å². The van der Waals surface area contributed by atoms with E-state index in [1.165, 1.54) is 24.3 Å². The van der Waals surface area contributed by atoms with Gasteiger partial charge in [-0.1, -0.05) is 12.1 Å². The molecule has 0 saturated heterocycles. The van der Waals surface area contributed by atoms with Crippen LogP contribution in [0.4, 0.5) is 11.5 Å². The molecule has 1 aliphatic rings. The Hall–Kier alpha value is -3.66. The SMILES string of the molecule is Cc1cc(NS(=O)(=O)c2ccc(NC(=O)COc3cccc4c3OC(C)(C)C4)cc2)nc(C)n1. The van der Waals surface area contributed by atoms with E-state index in [0.29, 0.717) is 28.7 Å². The topological polar surface area (TPSA) is 120 Å². The predicted molar refractivity (Wildman–Crippen MR) is 128 cm³/mol. The Morgan fingerprint density at radius 3 is 2.56 bits per heavy atom. The summed E-state index contributed by atoms with van der Waals surface area (Å²) in [6, 6.07) is 13.0. The van der Waals surface area contributed by atoms with Gasteiger partial charge in [0.15, 0.2) is 18.1 Å². The van der Waals surface area contributed by atoms with Gasteiger partial charge >= 0.3 is 0 Å². The Kier molecular flexibility index (Phi) is 6.18. The minimum Gasteiger partial charge on any atom is -0.483 e.